The Morgan fingerprint density at radius 3 is 2.29 bits per heavy atom. The first-order chi connectivity index (χ1) is 16.5. The Hall–Kier alpha value is -2.30. The van der Waals surface area contributed by atoms with Crippen LogP contribution in [0, 0.1) is 0 Å². The van der Waals surface area contributed by atoms with Gasteiger partial charge in [-0.3, -0.25) is 4.90 Å². The highest BCUT2D eigenvalue weighted by Crippen LogP contribution is 2.24. The fraction of sp³-hybridized carbons (Fsp3) is 0.400. The van der Waals surface area contributed by atoms with Crippen LogP contribution >= 0.6 is 11.3 Å². The quantitative estimate of drug-likeness (QED) is 0.448. The van der Waals surface area contributed by atoms with Crippen molar-refractivity contribution < 1.29 is 13.2 Å². The van der Waals surface area contributed by atoms with Gasteiger partial charge >= 0.3 is 0 Å². The van der Waals surface area contributed by atoms with Crippen LogP contribution < -0.4 is 4.80 Å². The van der Waals surface area contributed by atoms with Crippen LogP contribution in [0.5, 0.6) is 0 Å². The van der Waals surface area contributed by atoms with Crippen molar-refractivity contribution in [3.63, 3.8) is 0 Å². The standard InChI is InChI=1S/C25H32N4O3S2/c1-3-28(4-2)34(30,31)23-12-10-21(11-13-23)24-20-33-25(26-22-8-6-5-7-9-22)29(24)15-14-27-16-18-32-19-17-27/h5-13,20H,3-4,14-19H2,1-2H3. The molecule has 0 bridgehead atoms. The second-order valence-corrected chi connectivity index (χ2v) is 10.8. The number of hydrogen-bond acceptors (Lipinski definition) is 6. The zero-order valence-electron chi connectivity index (χ0n) is 19.8. The maximum Gasteiger partial charge on any atom is 0.243 e. The molecule has 1 saturated heterocycles. The lowest BCUT2D eigenvalue weighted by Gasteiger charge is -2.26. The molecule has 0 amide bonds. The number of nitrogens with zero attached hydrogens (tertiary/aromatic N) is 4. The molecular weight excluding hydrogens is 468 g/mol. The molecule has 0 aliphatic carbocycles. The first-order valence-electron chi connectivity index (χ1n) is 11.7. The smallest absolute Gasteiger partial charge is 0.243 e. The van der Waals surface area contributed by atoms with E-state index >= 15 is 0 Å². The zero-order chi connectivity index (χ0) is 24.0. The molecule has 1 aromatic heterocycles. The number of aromatic nitrogens is 1. The van der Waals surface area contributed by atoms with Gasteiger partial charge in [0.25, 0.3) is 0 Å². The van der Waals surface area contributed by atoms with Crippen molar-refractivity contribution in [1.29, 1.82) is 0 Å². The van der Waals surface area contributed by atoms with E-state index in [9.17, 15) is 8.42 Å². The molecule has 1 aliphatic rings. The maximum absolute atomic E-state index is 12.9. The van der Waals surface area contributed by atoms with Gasteiger partial charge in [-0.2, -0.15) is 4.31 Å². The zero-order valence-corrected chi connectivity index (χ0v) is 21.4. The minimum Gasteiger partial charge on any atom is -0.379 e. The Kier molecular flexibility index (Phi) is 8.33. The largest absolute Gasteiger partial charge is 0.379 e. The molecule has 1 aliphatic heterocycles. The fourth-order valence-electron chi connectivity index (χ4n) is 4.05. The number of morpholine rings is 1. The summed E-state index contributed by atoms with van der Waals surface area (Å²) in [5.41, 5.74) is 2.93. The third kappa shape index (κ3) is 5.67. The van der Waals surface area contributed by atoms with Gasteiger partial charge < -0.3 is 9.30 Å². The normalized spacial score (nSPS) is 15.8. The molecule has 3 aromatic rings. The van der Waals surface area contributed by atoms with E-state index in [4.69, 9.17) is 9.73 Å². The number of benzene rings is 2. The van der Waals surface area contributed by atoms with Crippen molar-refractivity contribution in [2.24, 2.45) is 4.99 Å². The predicted molar refractivity (Wildman–Crippen MR) is 137 cm³/mol. The lowest BCUT2D eigenvalue weighted by atomic mass is 10.2. The maximum atomic E-state index is 12.9. The fourth-order valence-corrected chi connectivity index (χ4v) is 6.47. The SMILES string of the molecule is CCN(CC)S(=O)(=O)c1ccc(-c2csc(=Nc3ccccc3)n2CCN2CCOCC2)cc1. The van der Waals surface area contributed by atoms with E-state index in [2.05, 4.69) is 14.8 Å². The number of thiazole rings is 1. The number of sulfonamides is 1. The summed E-state index contributed by atoms with van der Waals surface area (Å²) in [5.74, 6) is 0. The minimum atomic E-state index is -3.48. The van der Waals surface area contributed by atoms with Gasteiger partial charge in [-0.05, 0) is 29.8 Å². The Labute approximate surface area is 206 Å². The van der Waals surface area contributed by atoms with E-state index in [-0.39, 0.29) is 0 Å². The van der Waals surface area contributed by atoms with Crippen molar-refractivity contribution in [3.05, 3.63) is 64.8 Å². The lowest BCUT2D eigenvalue weighted by molar-refractivity contribution is 0.0363. The Morgan fingerprint density at radius 1 is 0.971 bits per heavy atom. The highest BCUT2D eigenvalue weighted by molar-refractivity contribution is 7.89. The molecule has 9 heteroatoms. The molecule has 2 aromatic carbocycles. The molecule has 182 valence electrons. The molecule has 7 nitrogen and oxygen atoms in total. The molecule has 0 unspecified atom stereocenters. The van der Waals surface area contributed by atoms with Gasteiger partial charge in [0.1, 0.15) is 0 Å². The van der Waals surface area contributed by atoms with Gasteiger partial charge in [-0.15, -0.1) is 11.3 Å². The summed E-state index contributed by atoms with van der Waals surface area (Å²) in [6, 6.07) is 17.2. The third-order valence-corrected chi connectivity index (χ3v) is 8.94. The molecule has 0 N–H and O–H groups in total. The van der Waals surface area contributed by atoms with Crippen molar-refractivity contribution in [2.45, 2.75) is 25.3 Å². The van der Waals surface area contributed by atoms with Crippen LogP contribution in [0.25, 0.3) is 11.3 Å². The summed E-state index contributed by atoms with van der Waals surface area (Å²) < 4.78 is 35.0. The summed E-state index contributed by atoms with van der Waals surface area (Å²) in [4.78, 5) is 8.54. The van der Waals surface area contributed by atoms with Crippen LogP contribution in [0.1, 0.15) is 13.8 Å². The van der Waals surface area contributed by atoms with Crippen LogP contribution in [0.15, 0.2) is 69.9 Å². The molecule has 0 radical (unpaired) electrons. The molecule has 4 rings (SSSR count). The summed E-state index contributed by atoms with van der Waals surface area (Å²) in [7, 11) is -3.48. The van der Waals surface area contributed by atoms with E-state index in [1.54, 1.807) is 23.5 Å². The van der Waals surface area contributed by atoms with Gasteiger partial charge in [0.15, 0.2) is 4.80 Å². The Morgan fingerprint density at radius 2 is 1.65 bits per heavy atom. The summed E-state index contributed by atoms with van der Waals surface area (Å²) in [6.45, 7) is 9.73. The summed E-state index contributed by atoms with van der Waals surface area (Å²) in [5, 5.41) is 2.11. The van der Waals surface area contributed by atoms with Gasteiger partial charge in [0.2, 0.25) is 10.0 Å². The van der Waals surface area contributed by atoms with Crippen LogP contribution in [0.2, 0.25) is 0 Å². The van der Waals surface area contributed by atoms with Crippen LogP contribution in [0.4, 0.5) is 5.69 Å². The van der Waals surface area contributed by atoms with Gasteiger partial charge in [-0.1, -0.05) is 44.2 Å². The number of rotatable bonds is 9. The topological polar surface area (TPSA) is 67.1 Å². The lowest BCUT2D eigenvalue weighted by Crippen LogP contribution is -2.39. The molecule has 0 saturated carbocycles. The van der Waals surface area contributed by atoms with Crippen molar-refractivity contribution >= 4 is 27.0 Å². The summed E-state index contributed by atoms with van der Waals surface area (Å²) >= 11 is 1.60. The highest BCUT2D eigenvalue weighted by Gasteiger charge is 2.21. The number of ether oxygens (including phenoxy) is 1. The molecule has 2 heterocycles. The highest BCUT2D eigenvalue weighted by atomic mass is 32.2. The van der Waals surface area contributed by atoms with Crippen LogP contribution in [-0.2, 0) is 21.3 Å². The molecule has 1 fully saturated rings. The van der Waals surface area contributed by atoms with Gasteiger partial charge in [0.05, 0.1) is 29.5 Å². The number of hydrogen-bond donors (Lipinski definition) is 0. The van der Waals surface area contributed by atoms with E-state index in [1.807, 2.05) is 56.3 Å². The minimum absolute atomic E-state index is 0.323. The van der Waals surface area contributed by atoms with E-state index in [1.165, 1.54) is 4.31 Å². The van der Waals surface area contributed by atoms with Gasteiger partial charge in [0, 0.05) is 44.6 Å². The molecule has 34 heavy (non-hydrogen) atoms. The average molecular weight is 501 g/mol. The molecule has 0 spiro atoms. The van der Waals surface area contributed by atoms with E-state index in [0.717, 1.165) is 61.1 Å². The first-order valence-corrected chi connectivity index (χ1v) is 14.0. The predicted octanol–water partition coefficient (Wildman–Crippen LogP) is 3.81. The number of para-hydroxylation sites is 1. The molecular formula is C25H32N4O3S2. The average Bonchev–Trinajstić information content (AvgIpc) is 3.27. The summed E-state index contributed by atoms with van der Waals surface area (Å²) in [6.07, 6.45) is 0. The monoisotopic (exact) mass is 500 g/mol. The Bertz CT molecular complexity index is 1230. The van der Waals surface area contributed by atoms with Crippen LogP contribution in [0.3, 0.4) is 0 Å². The van der Waals surface area contributed by atoms with E-state index in [0.29, 0.717) is 18.0 Å². The third-order valence-electron chi connectivity index (χ3n) is 6.02. The van der Waals surface area contributed by atoms with Crippen molar-refractivity contribution in [2.75, 3.05) is 45.9 Å². The van der Waals surface area contributed by atoms with E-state index < -0.39 is 10.0 Å². The Balaban J connectivity index is 1.67. The first kappa shape index (κ1) is 24.8. The van der Waals surface area contributed by atoms with Gasteiger partial charge in [-0.25, -0.2) is 13.4 Å². The second kappa shape index (κ2) is 11.4. The second-order valence-electron chi connectivity index (χ2n) is 8.07. The molecule has 0 atom stereocenters. The van der Waals surface area contributed by atoms with Crippen molar-refractivity contribution in [3.8, 4) is 11.3 Å². The van der Waals surface area contributed by atoms with Crippen molar-refractivity contribution in [1.82, 2.24) is 13.8 Å². The van der Waals surface area contributed by atoms with Crippen LogP contribution in [-0.4, -0.2) is 68.1 Å².